The summed E-state index contributed by atoms with van der Waals surface area (Å²) in [5.41, 5.74) is 7.36. The lowest BCUT2D eigenvalue weighted by Gasteiger charge is -2.02. The quantitative estimate of drug-likeness (QED) is 0.697. The highest BCUT2D eigenvalue weighted by Crippen LogP contribution is 2.23. The van der Waals surface area contributed by atoms with Gasteiger partial charge in [-0.25, -0.2) is 0 Å². The van der Waals surface area contributed by atoms with E-state index in [1.54, 1.807) is 6.92 Å². The van der Waals surface area contributed by atoms with Gasteiger partial charge in [-0.15, -0.1) is 5.10 Å². The highest BCUT2D eigenvalue weighted by Gasteiger charge is 2.04. The van der Waals surface area contributed by atoms with E-state index in [1.165, 1.54) is 6.20 Å². The van der Waals surface area contributed by atoms with E-state index in [1.807, 2.05) is 0 Å². The minimum Gasteiger partial charge on any atom is -0.396 e. The molecule has 0 saturated carbocycles. The van der Waals surface area contributed by atoms with E-state index in [4.69, 9.17) is 17.3 Å². The molecule has 1 aromatic rings. The number of rotatable bonds is 1. The van der Waals surface area contributed by atoms with Gasteiger partial charge in [-0.1, -0.05) is 18.2 Å². The normalized spacial score (nSPS) is 9.64. The van der Waals surface area contributed by atoms with E-state index in [0.29, 0.717) is 16.4 Å². The molecule has 2 N–H and O–H groups in total. The van der Waals surface area contributed by atoms with Crippen molar-refractivity contribution in [2.24, 2.45) is 0 Å². The lowest BCUT2D eigenvalue weighted by Crippen LogP contribution is -1.97. The largest absolute Gasteiger partial charge is 0.396 e. The molecule has 3 nitrogen and oxygen atoms in total. The standard InChI is InChI=1S/C7H8ClN3/c1-4(2)7-6(9)5(8)3-10-11-7/h3H,1H2,2H3,(H2,9,10). The summed E-state index contributed by atoms with van der Waals surface area (Å²) in [5.74, 6) is 0. The van der Waals surface area contributed by atoms with Crippen molar-refractivity contribution in [2.45, 2.75) is 6.92 Å². The third-order valence-corrected chi connectivity index (χ3v) is 1.55. The van der Waals surface area contributed by atoms with Gasteiger partial charge in [-0.3, -0.25) is 0 Å². The summed E-state index contributed by atoms with van der Waals surface area (Å²) in [6, 6.07) is 0. The van der Waals surface area contributed by atoms with Gasteiger partial charge in [0.05, 0.1) is 16.9 Å². The molecule has 0 bridgehead atoms. The maximum atomic E-state index is 5.69. The fourth-order valence-corrected chi connectivity index (χ4v) is 0.822. The van der Waals surface area contributed by atoms with Crippen molar-refractivity contribution in [3.05, 3.63) is 23.5 Å². The molecule has 1 aromatic heterocycles. The van der Waals surface area contributed by atoms with Crippen LogP contribution in [0.3, 0.4) is 0 Å². The van der Waals surface area contributed by atoms with Crippen LogP contribution in [0, 0.1) is 0 Å². The number of nitrogens with two attached hydrogens (primary N) is 1. The van der Waals surface area contributed by atoms with Crippen LogP contribution < -0.4 is 5.73 Å². The molecule has 0 unspecified atom stereocenters. The molecule has 0 aliphatic heterocycles. The first-order chi connectivity index (χ1) is 5.13. The summed E-state index contributed by atoms with van der Waals surface area (Å²) in [7, 11) is 0. The molecular formula is C7H8ClN3. The van der Waals surface area contributed by atoms with Crippen LogP contribution in [0.5, 0.6) is 0 Å². The zero-order valence-corrected chi connectivity index (χ0v) is 6.89. The monoisotopic (exact) mass is 169 g/mol. The summed E-state index contributed by atoms with van der Waals surface area (Å²) >= 11 is 5.69. The SMILES string of the molecule is C=C(C)c1nncc(Cl)c1N. The van der Waals surface area contributed by atoms with Crippen molar-refractivity contribution in [1.82, 2.24) is 10.2 Å². The molecule has 0 aliphatic rings. The Morgan fingerprint density at radius 3 is 2.82 bits per heavy atom. The predicted molar refractivity (Wildman–Crippen MR) is 46.2 cm³/mol. The zero-order chi connectivity index (χ0) is 8.43. The van der Waals surface area contributed by atoms with Crippen LogP contribution in [0.4, 0.5) is 5.69 Å². The Kier molecular flexibility index (Phi) is 2.10. The molecule has 1 heterocycles. The third-order valence-electron chi connectivity index (χ3n) is 1.25. The molecule has 0 fully saturated rings. The molecule has 0 aliphatic carbocycles. The molecule has 58 valence electrons. The molecule has 0 saturated heterocycles. The third kappa shape index (κ3) is 1.49. The Morgan fingerprint density at radius 2 is 2.36 bits per heavy atom. The molecule has 4 heteroatoms. The van der Waals surface area contributed by atoms with Crippen LogP contribution in [-0.4, -0.2) is 10.2 Å². The van der Waals surface area contributed by atoms with Gasteiger partial charge in [-0.2, -0.15) is 5.10 Å². The second-order valence-corrected chi connectivity index (χ2v) is 2.64. The Balaban J connectivity index is 3.27. The average molecular weight is 170 g/mol. The van der Waals surface area contributed by atoms with Gasteiger partial charge in [-0.05, 0) is 12.5 Å². The van der Waals surface area contributed by atoms with Crippen LogP contribution >= 0.6 is 11.6 Å². The summed E-state index contributed by atoms with van der Waals surface area (Å²) in [5, 5.41) is 7.84. The Morgan fingerprint density at radius 1 is 1.73 bits per heavy atom. The first-order valence-electron chi connectivity index (χ1n) is 3.05. The first-order valence-corrected chi connectivity index (χ1v) is 3.43. The molecule has 1 rings (SSSR count). The second-order valence-electron chi connectivity index (χ2n) is 2.24. The van der Waals surface area contributed by atoms with Gasteiger partial charge in [0, 0.05) is 0 Å². The van der Waals surface area contributed by atoms with E-state index in [9.17, 15) is 0 Å². The van der Waals surface area contributed by atoms with Crippen LogP contribution in [-0.2, 0) is 0 Å². The number of halogens is 1. The highest BCUT2D eigenvalue weighted by atomic mass is 35.5. The van der Waals surface area contributed by atoms with Gasteiger partial charge in [0.2, 0.25) is 0 Å². The molecule has 0 aromatic carbocycles. The van der Waals surface area contributed by atoms with Gasteiger partial charge in [0.1, 0.15) is 5.69 Å². The first kappa shape index (κ1) is 8.01. The van der Waals surface area contributed by atoms with E-state index < -0.39 is 0 Å². The second kappa shape index (κ2) is 2.88. The fourth-order valence-electron chi connectivity index (χ4n) is 0.689. The molecule has 0 spiro atoms. The van der Waals surface area contributed by atoms with Crippen LogP contribution in [0.2, 0.25) is 5.02 Å². The van der Waals surface area contributed by atoms with Crippen molar-refractivity contribution in [3.63, 3.8) is 0 Å². The molecule has 0 amide bonds. The lowest BCUT2D eigenvalue weighted by molar-refractivity contribution is 1.01. The van der Waals surface area contributed by atoms with Gasteiger partial charge in [0.15, 0.2) is 0 Å². The molecular weight excluding hydrogens is 162 g/mol. The van der Waals surface area contributed by atoms with Gasteiger partial charge in [0.25, 0.3) is 0 Å². The van der Waals surface area contributed by atoms with Crippen LogP contribution in [0.1, 0.15) is 12.6 Å². The molecule has 11 heavy (non-hydrogen) atoms. The Bertz CT molecular complexity index is 296. The van der Waals surface area contributed by atoms with Crippen molar-refractivity contribution in [3.8, 4) is 0 Å². The van der Waals surface area contributed by atoms with Crippen molar-refractivity contribution >= 4 is 22.9 Å². The fraction of sp³-hybridized carbons (Fsp3) is 0.143. The number of hydrogen-bond donors (Lipinski definition) is 1. The molecule has 0 radical (unpaired) electrons. The average Bonchev–Trinajstić information content (AvgIpc) is 1.94. The van der Waals surface area contributed by atoms with Crippen molar-refractivity contribution < 1.29 is 0 Å². The smallest absolute Gasteiger partial charge is 0.112 e. The zero-order valence-electron chi connectivity index (χ0n) is 6.13. The minimum absolute atomic E-state index is 0.415. The number of nitrogen functional groups attached to an aromatic ring is 1. The predicted octanol–water partition coefficient (Wildman–Crippen LogP) is 1.75. The van der Waals surface area contributed by atoms with Crippen LogP contribution in [0.15, 0.2) is 12.8 Å². The highest BCUT2D eigenvalue weighted by molar-refractivity contribution is 6.33. The van der Waals surface area contributed by atoms with E-state index in [2.05, 4.69) is 16.8 Å². The Hall–Kier alpha value is -1.09. The number of hydrogen-bond acceptors (Lipinski definition) is 3. The van der Waals surface area contributed by atoms with Crippen molar-refractivity contribution in [2.75, 3.05) is 5.73 Å². The Labute approximate surface area is 69.9 Å². The summed E-state index contributed by atoms with van der Waals surface area (Å²) < 4.78 is 0. The van der Waals surface area contributed by atoms with Crippen molar-refractivity contribution in [1.29, 1.82) is 0 Å². The van der Waals surface area contributed by atoms with Gasteiger partial charge < -0.3 is 5.73 Å². The van der Waals surface area contributed by atoms with Gasteiger partial charge >= 0.3 is 0 Å². The van der Waals surface area contributed by atoms with Crippen LogP contribution in [0.25, 0.3) is 5.57 Å². The number of allylic oxidation sites excluding steroid dienone is 1. The van der Waals surface area contributed by atoms with E-state index >= 15 is 0 Å². The summed E-state index contributed by atoms with van der Waals surface area (Å²) in [4.78, 5) is 0. The van der Waals surface area contributed by atoms with E-state index in [0.717, 1.165) is 5.57 Å². The lowest BCUT2D eigenvalue weighted by atomic mass is 10.2. The summed E-state index contributed by atoms with van der Waals surface area (Å²) in [6.45, 7) is 5.49. The number of aromatic nitrogens is 2. The minimum atomic E-state index is 0.415. The topological polar surface area (TPSA) is 51.8 Å². The van der Waals surface area contributed by atoms with E-state index in [-0.39, 0.29) is 0 Å². The maximum Gasteiger partial charge on any atom is 0.112 e. The number of nitrogens with zero attached hydrogens (tertiary/aromatic N) is 2. The maximum absolute atomic E-state index is 5.69. The molecule has 0 atom stereocenters. The number of anilines is 1. The summed E-state index contributed by atoms with van der Waals surface area (Å²) in [6.07, 6.45) is 1.41.